The summed E-state index contributed by atoms with van der Waals surface area (Å²) in [5.74, 6) is -1.78. The van der Waals surface area contributed by atoms with Crippen LogP contribution in [0.4, 0.5) is 11.4 Å². The molecule has 7 nitrogen and oxygen atoms in total. The first-order chi connectivity index (χ1) is 14.7. The first kappa shape index (κ1) is 22.0. The van der Waals surface area contributed by atoms with Gasteiger partial charge in [0.15, 0.2) is 0 Å². The largest absolute Gasteiger partial charge is 0.478 e. The molecule has 3 aromatic carbocycles. The van der Waals surface area contributed by atoms with E-state index in [0.29, 0.717) is 5.69 Å². The van der Waals surface area contributed by atoms with Crippen LogP contribution in [0.3, 0.4) is 0 Å². The lowest BCUT2D eigenvalue weighted by molar-refractivity contribution is 0.0697. The van der Waals surface area contributed by atoms with Gasteiger partial charge in [0.2, 0.25) is 10.0 Å². The molecule has 31 heavy (non-hydrogen) atoms. The molecule has 1 atom stereocenters. The Labute approximate surface area is 181 Å². The summed E-state index contributed by atoms with van der Waals surface area (Å²) in [6, 6.07) is 21.1. The van der Waals surface area contributed by atoms with Crippen molar-refractivity contribution in [3.05, 3.63) is 95.6 Å². The number of amides is 1. The lowest BCUT2D eigenvalue weighted by Crippen LogP contribution is -2.28. The van der Waals surface area contributed by atoms with Crippen LogP contribution >= 0.6 is 0 Å². The van der Waals surface area contributed by atoms with Gasteiger partial charge >= 0.3 is 5.97 Å². The van der Waals surface area contributed by atoms with Crippen LogP contribution in [0.2, 0.25) is 0 Å². The van der Waals surface area contributed by atoms with E-state index in [1.54, 1.807) is 30.3 Å². The molecule has 0 radical (unpaired) electrons. The molecule has 0 aromatic heterocycles. The lowest BCUT2D eigenvalue weighted by Gasteiger charge is -2.23. The van der Waals surface area contributed by atoms with Gasteiger partial charge in [-0.1, -0.05) is 48.5 Å². The second-order valence-corrected chi connectivity index (χ2v) is 8.87. The Morgan fingerprint density at radius 1 is 0.871 bits per heavy atom. The Bertz CT molecular complexity index is 1200. The van der Waals surface area contributed by atoms with Gasteiger partial charge in [0, 0.05) is 5.56 Å². The number of carbonyl (C=O) groups is 2. The number of nitrogens with one attached hydrogen (secondary N) is 1. The van der Waals surface area contributed by atoms with E-state index in [4.69, 9.17) is 0 Å². The lowest BCUT2D eigenvalue weighted by atomic mass is 10.1. The van der Waals surface area contributed by atoms with E-state index in [9.17, 15) is 23.1 Å². The third-order valence-corrected chi connectivity index (χ3v) is 5.72. The van der Waals surface area contributed by atoms with Gasteiger partial charge in [-0.15, -0.1) is 0 Å². The zero-order valence-corrected chi connectivity index (χ0v) is 17.8. The number of carboxylic acid groups (broad SMARTS) is 1. The molecule has 1 amide bonds. The summed E-state index contributed by atoms with van der Waals surface area (Å²) in [7, 11) is -3.81. The number of hydrogen-bond donors (Lipinski definition) is 2. The number of carboxylic acids is 1. The van der Waals surface area contributed by atoms with Crippen molar-refractivity contribution in [3.63, 3.8) is 0 Å². The number of nitrogens with zero attached hydrogens (tertiary/aromatic N) is 1. The van der Waals surface area contributed by atoms with Crippen molar-refractivity contribution in [1.29, 1.82) is 0 Å². The fourth-order valence-corrected chi connectivity index (χ4v) is 4.18. The van der Waals surface area contributed by atoms with Crippen LogP contribution in [-0.2, 0) is 10.0 Å². The van der Waals surface area contributed by atoms with Gasteiger partial charge in [-0.3, -0.25) is 4.79 Å². The molecule has 0 heterocycles. The standard InChI is InChI=1S/C23H22N2O5S/c1-16(17-9-5-3-6-10-17)24-22(26)18-13-19(23(27)28)15-21(14-18)25(31(2,29)30)20-11-7-4-8-12-20/h3-16H,1-2H3,(H,24,26)(H,27,28)/t16-/m1/s1. The number of anilines is 2. The molecule has 3 aromatic rings. The predicted molar refractivity (Wildman–Crippen MR) is 119 cm³/mol. The summed E-state index contributed by atoms with van der Waals surface area (Å²) in [4.78, 5) is 24.6. The van der Waals surface area contributed by atoms with E-state index in [-0.39, 0.29) is 22.9 Å². The highest BCUT2D eigenvalue weighted by molar-refractivity contribution is 7.92. The van der Waals surface area contributed by atoms with E-state index < -0.39 is 21.9 Å². The van der Waals surface area contributed by atoms with Crippen LogP contribution < -0.4 is 9.62 Å². The van der Waals surface area contributed by atoms with Crippen LogP contribution in [0.5, 0.6) is 0 Å². The van der Waals surface area contributed by atoms with Crippen LogP contribution in [0.25, 0.3) is 0 Å². The molecule has 8 heteroatoms. The molecule has 3 rings (SSSR count). The summed E-state index contributed by atoms with van der Waals surface area (Å²) in [6.07, 6.45) is 1.02. The normalized spacial score (nSPS) is 12.1. The van der Waals surface area contributed by atoms with Gasteiger partial charge < -0.3 is 10.4 Å². The number of carbonyl (C=O) groups excluding carboxylic acids is 1. The Kier molecular flexibility index (Phi) is 6.41. The summed E-state index contributed by atoms with van der Waals surface area (Å²) in [6.45, 7) is 1.81. The molecular weight excluding hydrogens is 416 g/mol. The number of aromatic carboxylic acids is 1. The van der Waals surface area contributed by atoms with Gasteiger partial charge in [0.05, 0.1) is 29.2 Å². The van der Waals surface area contributed by atoms with Gasteiger partial charge in [-0.2, -0.15) is 0 Å². The fourth-order valence-electron chi connectivity index (χ4n) is 3.18. The first-order valence-corrected chi connectivity index (χ1v) is 11.3. The molecule has 0 saturated carbocycles. The van der Waals surface area contributed by atoms with Crippen molar-refractivity contribution >= 4 is 33.3 Å². The van der Waals surface area contributed by atoms with Gasteiger partial charge in [0.25, 0.3) is 5.91 Å². The molecule has 0 aliphatic heterocycles. The molecule has 0 spiro atoms. The molecule has 0 aliphatic rings. The highest BCUT2D eigenvalue weighted by Crippen LogP contribution is 2.30. The molecular formula is C23H22N2O5S. The third kappa shape index (κ3) is 5.29. The monoisotopic (exact) mass is 438 g/mol. The minimum atomic E-state index is -3.81. The Morgan fingerprint density at radius 2 is 1.42 bits per heavy atom. The zero-order chi connectivity index (χ0) is 22.6. The van der Waals surface area contributed by atoms with Crippen LogP contribution in [-0.4, -0.2) is 31.7 Å². The number of para-hydroxylation sites is 1. The minimum Gasteiger partial charge on any atom is -0.478 e. The van der Waals surface area contributed by atoms with Crippen molar-refractivity contribution in [2.24, 2.45) is 0 Å². The number of hydrogen-bond acceptors (Lipinski definition) is 4. The molecule has 160 valence electrons. The summed E-state index contributed by atoms with van der Waals surface area (Å²) >= 11 is 0. The number of benzene rings is 3. The first-order valence-electron chi connectivity index (χ1n) is 9.46. The van der Waals surface area contributed by atoms with E-state index >= 15 is 0 Å². The third-order valence-electron chi connectivity index (χ3n) is 4.63. The Morgan fingerprint density at radius 3 is 1.97 bits per heavy atom. The number of sulfonamides is 1. The highest BCUT2D eigenvalue weighted by atomic mass is 32.2. The number of rotatable bonds is 7. The molecule has 0 aliphatic carbocycles. The topological polar surface area (TPSA) is 104 Å². The molecule has 2 N–H and O–H groups in total. The minimum absolute atomic E-state index is 0.0438. The fraction of sp³-hybridized carbons (Fsp3) is 0.130. The summed E-state index contributed by atoms with van der Waals surface area (Å²) < 4.78 is 26.1. The van der Waals surface area contributed by atoms with Crippen LogP contribution in [0, 0.1) is 0 Å². The summed E-state index contributed by atoms with van der Waals surface area (Å²) in [5.41, 5.74) is 1.12. The van der Waals surface area contributed by atoms with Gasteiger partial charge in [-0.25, -0.2) is 17.5 Å². The predicted octanol–water partition coefficient (Wildman–Crippen LogP) is 3.97. The Balaban J connectivity index is 2.04. The van der Waals surface area contributed by atoms with E-state index in [0.717, 1.165) is 16.1 Å². The SMILES string of the molecule is C[C@@H](NC(=O)c1cc(C(=O)O)cc(N(c2ccccc2)S(C)(=O)=O)c1)c1ccccc1. The highest BCUT2D eigenvalue weighted by Gasteiger charge is 2.23. The van der Waals surface area contributed by atoms with Crippen molar-refractivity contribution in [2.75, 3.05) is 10.6 Å². The average molecular weight is 439 g/mol. The average Bonchev–Trinajstić information content (AvgIpc) is 2.74. The van der Waals surface area contributed by atoms with E-state index in [2.05, 4.69) is 5.32 Å². The quantitative estimate of drug-likeness (QED) is 0.581. The smallest absolute Gasteiger partial charge is 0.335 e. The molecule has 0 saturated heterocycles. The molecule has 0 unspecified atom stereocenters. The van der Waals surface area contributed by atoms with Crippen LogP contribution in [0.15, 0.2) is 78.9 Å². The maximum Gasteiger partial charge on any atom is 0.335 e. The van der Waals surface area contributed by atoms with Crippen molar-refractivity contribution in [1.82, 2.24) is 5.32 Å². The van der Waals surface area contributed by atoms with Gasteiger partial charge in [-0.05, 0) is 42.8 Å². The maximum atomic E-state index is 12.9. The molecule has 0 fully saturated rings. The van der Waals surface area contributed by atoms with Crippen molar-refractivity contribution in [2.45, 2.75) is 13.0 Å². The second kappa shape index (κ2) is 9.01. The van der Waals surface area contributed by atoms with E-state index in [1.165, 1.54) is 18.2 Å². The zero-order valence-electron chi connectivity index (χ0n) is 17.0. The van der Waals surface area contributed by atoms with E-state index in [1.807, 2.05) is 37.3 Å². The van der Waals surface area contributed by atoms with Crippen molar-refractivity contribution in [3.8, 4) is 0 Å². The van der Waals surface area contributed by atoms with Crippen molar-refractivity contribution < 1.29 is 23.1 Å². The summed E-state index contributed by atoms with van der Waals surface area (Å²) in [5, 5.41) is 12.4. The second-order valence-electron chi connectivity index (χ2n) is 7.04. The Hall–Kier alpha value is -3.65. The maximum absolute atomic E-state index is 12.9. The molecule has 0 bridgehead atoms. The van der Waals surface area contributed by atoms with Gasteiger partial charge in [0.1, 0.15) is 0 Å². The van der Waals surface area contributed by atoms with Crippen LogP contribution in [0.1, 0.15) is 39.2 Å².